The number of hydrogen-bond acceptors (Lipinski definition) is 3. The van der Waals surface area contributed by atoms with Crippen molar-refractivity contribution >= 4 is 23.4 Å². The van der Waals surface area contributed by atoms with E-state index in [4.69, 9.17) is 5.11 Å². The molecule has 0 amide bonds. The number of nitrogens with one attached hydrogen (secondary N) is 1. The first-order valence-electron chi connectivity index (χ1n) is 5.32. The fourth-order valence-corrected chi connectivity index (χ4v) is 2.08. The van der Waals surface area contributed by atoms with Gasteiger partial charge in [-0.25, -0.2) is 0 Å². The van der Waals surface area contributed by atoms with Crippen molar-refractivity contribution in [2.24, 2.45) is 0 Å². The number of aliphatic carboxylic acids is 1. The van der Waals surface area contributed by atoms with E-state index in [0.717, 1.165) is 28.2 Å². The van der Waals surface area contributed by atoms with Crippen LogP contribution in [0.5, 0.6) is 0 Å². The quantitative estimate of drug-likeness (QED) is 0.888. The van der Waals surface area contributed by atoms with Crippen LogP contribution in [0.2, 0.25) is 0 Å². The Hall–Kier alpha value is -2.14. The molecule has 92 valence electrons. The van der Waals surface area contributed by atoms with E-state index >= 15 is 0 Å². The maximum absolute atomic E-state index is 11.0. The number of thiazole rings is 1. The molecule has 18 heavy (non-hydrogen) atoms. The number of H-pyrrole nitrogens is 1. The molecule has 1 heterocycles. The van der Waals surface area contributed by atoms with Crippen molar-refractivity contribution < 1.29 is 9.90 Å². The number of hydrogen-bond donors (Lipinski definition) is 2. The summed E-state index contributed by atoms with van der Waals surface area (Å²) >= 11 is 1.13. The van der Waals surface area contributed by atoms with E-state index in [1.165, 1.54) is 0 Å². The number of carboxylic acid groups (broad SMARTS) is 1. The Balaban J connectivity index is 2.13. The topological polar surface area (TPSA) is 70.2 Å². The molecule has 0 unspecified atom stereocenters. The predicted octanol–water partition coefficient (Wildman–Crippen LogP) is 2.59. The van der Waals surface area contributed by atoms with Crippen LogP contribution in [0.1, 0.15) is 12.0 Å². The lowest BCUT2D eigenvalue weighted by atomic mass is 10.1. The van der Waals surface area contributed by atoms with Crippen LogP contribution in [0.25, 0.3) is 17.3 Å². The lowest BCUT2D eigenvalue weighted by Gasteiger charge is -1.98. The molecule has 4 nitrogen and oxygen atoms in total. The van der Waals surface area contributed by atoms with Gasteiger partial charge in [-0.3, -0.25) is 9.59 Å². The maximum Gasteiger partial charge on any atom is 0.307 e. The zero-order valence-electron chi connectivity index (χ0n) is 9.42. The van der Waals surface area contributed by atoms with Gasteiger partial charge in [0.25, 0.3) is 0 Å². The molecule has 0 saturated heterocycles. The highest BCUT2D eigenvalue weighted by atomic mass is 32.1. The Labute approximate surface area is 107 Å². The van der Waals surface area contributed by atoms with E-state index in [0.29, 0.717) is 0 Å². The molecule has 2 N–H and O–H groups in total. The van der Waals surface area contributed by atoms with Gasteiger partial charge in [0.1, 0.15) is 0 Å². The van der Waals surface area contributed by atoms with Gasteiger partial charge in [0, 0.05) is 5.38 Å². The number of carbonyl (C=O) groups is 1. The fourth-order valence-electron chi connectivity index (χ4n) is 1.49. The number of aromatic amines is 1. The van der Waals surface area contributed by atoms with Crippen LogP contribution < -0.4 is 4.87 Å². The smallest absolute Gasteiger partial charge is 0.307 e. The van der Waals surface area contributed by atoms with Gasteiger partial charge in [-0.2, -0.15) is 0 Å². The molecule has 2 rings (SSSR count). The van der Waals surface area contributed by atoms with Gasteiger partial charge in [-0.15, -0.1) is 0 Å². The molecule has 0 spiro atoms. The molecular weight excluding hydrogens is 250 g/mol. The monoisotopic (exact) mass is 261 g/mol. The second-order valence-electron chi connectivity index (χ2n) is 3.68. The summed E-state index contributed by atoms with van der Waals surface area (Å²) in [6.45, 7) is 0. The van der Waals surface area contributed by atoms with Gasteiger partial charge in [-0.05, 0) is 11.1 Å². The summed E-state index contributed by atoms with van der Waals surface area (Å²) in [5.74, 6) is -0.848. The average molecular weight is 261 g/mol. The van der Waals surface area contributed by atoms with Crippen molar-refractivity contribution in [2.45, 2.75) is 6.42 Å². The van der Waals surface area contributed by atoms with Crippen LogP contribution in [0.3, 0.4) is 0 Å². The molecule has 0 radical (unpaired) electrons. The molecule has 0 bridgehead atoms. The molecule has 0 aliphatic carbocycles. The van der Waals surface area contributed by atoms with Crippen LogP contribution in [0.15, 0.2) is 40.5 Å². The summed E-state index contributed by atoms with van der Waals surface area (Å²) in [7, 11) is 0. The van der Waals surface area contributed by atoms with Crippen molar-refractivity contribution in [2.75, 3.05) is 0 Å². The Bertz CT molecular complexity index is 622. The van der Waals surface area contributed by atoms with E-state index in [1.807, 2.05) is 24.3 Å². The Morgan fingerprint density at radius 1 is 1.33 bits per heavy atom. The van der Waals surface area contributed by atoms with E-state index in [9.17, 15) is 9.59 Å². The molecule has 2 aromatic rings. The third-order valence-corrected chi connectivity index (χ3v) is 3.01. The largest absolute Gasteiger partial charge is 0.481 e. The van der Waals surface area contributed by atoms with Crippen molar-refractivity contribution in [3.63, 3.8) is 0 Å². The maximum atomic E-state index is 11.0. The predicted molar refractivity (Wildman–Crippen MR) is 71.7 cm³/mol. The van der Waals surface area contributed by atoms with Crippen molar-refractivity contribution in [1.82, 2.24) is 4.98 Å². The first-order valence-corrected chi connectivity index (χ1v) is 6.20. The molecule has 0 aliphatic heterocycles. The zero-order chi connectivity index (χ0) is 13.0. The zero-order valence-corrected chi connectivity index (χ0v) is 10.2. The minimum absolute atomic E-state index is 0.0135. The Morgan fingerprint density at radius 2 is 2.06 bits per heavy atom. The highest BCUT2D eigenvalue weighted by Gasteiger charge is 1.99. The summed E-state index contributed by atoms with van der Waals surface area (Å²) < 4.78 is 0. The van der Waals surface area contributed by atoms with Crippen LogP contribution in [0, 0.1) is 0 Å². The summed E-state index contributed by atoms with van der Waals surface area (Å²) in [6, 6.07) is 7.53. The number of rotatable bonds is 4. The van der Waals surface area contributed by atoms with E-state index in [1.54, 1.807) is 17.5 Å². The molecule has 0 fully saturated rings. The second-order valence-corrected chi connectivity index (χ2v) is 4.53. The Kier molecular flexibility index (Phi) is 3.74. The van der Waals surface area contributed by atoms with Crippen LogP contribution in [-0.2, 0) is 4.79 Å². The van der Waals surface area contributed by atoms with Gasteiger partial charge in [-0.1, -0.05) is 47.8 Å². The minimum Gasteiger partial charge on any atom is -0.481 e. The van der Waals surface area contributed by atoms with E-state index < -0.39 is 5.97 Å². The van der Waals surface area contributed by atoms with Crippen molar-refractivity contribution in [3.05, 3.63) is 51.0 Å². The van der Waals surface area contributed by atoms with Gasteiger partial charge in [0.05, 0.1) is 12.1 Å². The van der Waals surface area contributed by atoms with Crippen molar-refractivity contribution in [3.8, 4) is 11.3 Å². The van der Waals surface area contributed by atoms with E-state index in [2.05, 4.69) is 4.98 Å². The molecular formula is C13H11NO3S. The number of aromatic nitrogens is 1. The third kappa shape index (κ3) is 3.18. The average Bonchev–Trinajstić information content (AvgIpc) is 2.76. The molecule has 1 aromatic heterocycles. The van der Waals surface area contributed by atoms with Crippen LogP contribution >= 0.6 is 11.3 Å². The minimum atomic E-state index is -0.848. The fraction of sp³-hybridized carbons (Fsp3) is 0.0769. The third-order valence-electron chi connectivity index (χ3n) is 2.35. The summed E-state index contributed by atoms with van der Waals surface area (Å²) in [5.41, 5.74) is 2.66. The second kappa shape index (κ2) is 5.46. The first kappa shape index (κ1) is 12.3. The van der Waals surface area contributed by atoms with Gasteiger partial charge in [0.15, 0.2) is 0 Å². The standard InChI is InChI=1S/C13H11NO3S/c15-12(16)3-1-2-9-4-6-10(7-5-9)11-8-18-13(17)14-11/h1-2,4-8H,3H2,(H,14,17)(H,15,16). The van der Waals surface area contributed by atoms with Crippen molar-refractivity contribution in [1.29, 1.82) is 0 Å². The normalized spacial score (nSPS) is 10.9. The van der Waals surface area contributed by atoms with Gasteiger partial charge >= 0.3 is 10.8 Å². The highest BCUT2D eigenvalue weighted by Crippen LogP contribution is 2.18. The summed E-state index contributed by atoms with van der Waals surface area (Å²) in [5, 5.41) is 10.3. The SMILES string of the molecule is O=C(O)CC=Cc1ccc(-c2csc(=O)[nH]2)cc1. The van der Waals surface area contributed by atoms with E-state index in [-0.39, 0.29) is 11.3 Å². The Morgan fingerprint density at radius 3 is 2.61 bits per heavy atom. The first-order chi connectivity index (χ1) is 8.65. The summed E-state index contributed by atoms with van der Waals surface area (Å²) in [6.07, 6.45) is 3.37. The summed E-state index contributed by atoms with van der Waals surface area (Å²) in [4.78, 5) is 24.0. The number of benzene rings is 1. The molecule has 1 aromatic carbocycles. The highest BCUT2D eigenvalue weighted by molar-refractivity contribution is 7.07. The van der Waals surface area contributed by atoms with Crippen LogP contribution in [-0.4, -0.2) is 16.1 Å². The molecule has 0 atom stereocenters. The lowest BCUT2D eigenvalue weighted by molar-refractivity contribution is -0.135. The lowest BCUT2D eigenvalue weighted by Crippen LogP contribution is -1.92. The van der Waals surface area contributed by atoms with Gasteiger partial charge < -0.3 is 10.1 Å². The molecule has 5 heteroatoms. The van der Waals surface area contributed by atoms with Crippen LogP contribution in [0.4, 0.5) is 0 Å². The molecule has 0 aliphatic rings. The molecule has 0 saturated carbocycles. The number of carboxylic acids is 1. The van der Waals surface area contributed by atoms with Gasteiger partial charge in [0.2, 0.25) is 0 Å².